The first-order valence-corrected chi connectivity index (χ1v) is 29.6. The Balaban J connectivity index is 4.20. The molecule has 1 unspecified atom stereocenters. The first-order valence-electron chi connectivity index (χ1n) is 29.6. The molecule has 0 aromatic carbocycles. The maximum absolute atomic E-state index is 12.8. The number of carbonyl (C=O) groups excluding carboxylic acids is 3. The van der Waals surface area contributed by atoms with Gasteiger partial charge in [0.05, 0.1) is 0 Å². The zero-order chi connectivity index (χ0) is 50.7. The largest absolute Gasteiger partial charge is 0.462 e. The van der Waals surface area contributed by atoms with Gasteiger partial charge in [-0.1, -0.05) is 254 Å². The van der Waals surface area contributed by atoms with E-state index in [4.69, 9.17) is 14.2 Å². The molecule has 0 aliphatic heterocycles. The quantitative estimate of drug-likeness (QED) is 0.0261. The monoisotopic (exact) mass is 975 g/mol. The van der Waals surface area contributed by atoms with E-state index in [0.29, 0.717) is 19.3 Å². The molecule has 0 aliphatic rings. The Bertz CT molecular complexity index is 1350. The van der Waals surface area contributed by atoms with Gasteiger partial charge < -0.3 is 14.2 Å². The zero-order valence-electron chi connectivity index (χ0n) is 46.0. The summed E-state index contributed by atoms with van der Waals surface area (Å²) in [7, 11) is 0. The molecule has 0 bridgehead atoms. The molecule has 0 heterocycles. The van der Waals surface area contributed by atoms with E-state index in [2.05, 4.69) is 106 Å². The lowest BCUT2D eigenvalue weighted by Gasteiger charge is -2.18. The van der Waals surface area contributed by atoms with Crippen LogP contribution in [0.25, 0.3) is 0 Å². The minimum Gasteiger partial charge on any atom is -0.462 e. The SMILES string of the molecule is CC/C=C\C/C=C\C/C=C\C/C=C\CCCCCCC(=O)OC(COC(=O)CCCCCCCCCC)COC(=O)CCCCCCCCCCCCCC/C=C\C/C=C\C/C=C\CCCCCCC. The number of hydrogen-bond acceptors (Lipinski definition) is 6. The molecule has 6 nitrogen and oxygen atoms in total. The van der Waals surface area contributed by atoms with Crippen molar-refractivity contribution in [3.05, 3.63) is 85.1 Å². The predicted octanol–water partition coefficient (Wildman–Crippen LogP) is 19.9. The van der Waals surface area contributed by atoms with Gasteiger partial charge in [0.15, 0.2) is 6.10 Å². The molecule has 0 aromatic rings. The molecule has 0 spiro atoms. The van der Waals surface area contributed by atoms with Gasteiger partial charge in [-0.2, -0.15) is 0 Å². The molecule has 0 N–H and O–H groups in total. The van der Waals surface area contributed by atoms with Gasteiger partial charge in [0.25, 0.3) is 0 Å². The van der Waals surface area contributed by atoms with Gasteiger partial charge in [0.2, 0.25) is 0 Å². The number of allylic oxidation sites excluding steroid dienone is 14. The molecule has 0 fully saturated rings. The number of carbonyl (C=O) groups is 3. The summed E-state index contributed by atoms with van der Waals surface area (Å²) in [4.78, 5) is 38.0. The Morgan fingerprint density at radius 2 is 0.557 bits per heavy atom. The molecule has 0 amide bonds. The van der Waals surface area contributed by atoms with Crippen molar-refractivity contribution >= 4 is 17.9 Å². The van der Waals surface area contributed by atoms with Crippen molar-refractivity contribution in [3.63, 3.8) is 0 Å². The van der Waals surface area contributed by atoms with Crippen molar-refractivity contribution in [2.45, 2.75) is 290 Å². The highest BCUT2D eigenvalue weighted by molar-refractivity contribution is 5.71. The smallest absolute Gasteiger partial charge is 0.306 e. The number of ether oxygens (including phenoxy) is 3. The average Bonchev–Trinajstić information content (AvgIpc) is 3.36. The van der Waals surface area contributed by atoms with E-state index >= 15 is 0 Å². The van der Waals surface area contributed by atoms with E-state index in [9.17, 15) is 14.4 Å². The van der Waals surface area contributed by atoms with E-state index in [1.54, 1.807) is 0 Å². The average molecular weight is 976 g/mol. The highest BCUT2D eigenvalue weighted by atomic mass is 16.6. The highest BCUT2D eigenvalue weighted by Crippen LogP contribution is 2.15. The molecular weight excluding hydrogens is 865 g/mol. The Hall–Kier alpha value is -3.41. The third-order valence-corrected chi connectivity index (χ3v) is 12.6. The van der Waals surface area contributed by atoms with Crippen molar-refractivity contribution in [2.75, 3.05) is 13.2 Å². The van der Waals surface area contributed by atoms with Crippen molar-refractivity contribution in [1.82, 2.24) is 0 Å². The van der Waals surface area contributed by atoms with Gasteiger partial charge in [-0.3, -0.25) is 14.4 Å². The summed E-state index contributed by atoms with van der Waals surface area (Å²) in [6.07, 6.45) is 76.0. The minimum absolute atomic E-state index is 0.0857. The van der Waals surface area contributed by atoms with E-state index in [0.717, 1.165) is 109 Å². The fourth-order valence-corrected chi connectivity index (χ4v) is 8.21. The van der Waals surface area contributed by atoms with Crippen LogP contribution in [-0.4, -0.2) is 37.2 Å². The van der Waals surface area contributed by atoms with Gasteiger partial charge >= 0.3 is 17.9 Å². The summed E-state index contributed by atoms with van der Waals surface area (Å²) >= 11 is 0. The van der Waals surface area contributed by atoms with Crippen LogP contribution in [0.4, 0.5) is 0 Å². The summed E-state index contributed by atoms with van der Waals surface area (Å²) in [6.45, 7) is 6.48. The lowest BCUT2D eigenvalue weighted by atomic mass is 10.0. The van der Waals surface area contributed by atoms with Crippen LogP contribution >= 0.6 is 0 Å². The Kier molecular flexibility index (Phi) is 55.3. The molecule has 6 heteroatoms. The van der Waals surface area contributed by atoms with Gasteiger partial charge in [0, 0.05) is 19.3 Å². The van der Waals surface area contributed by atoms with Crippen LogP contribution in [0, 0.1) is 0 Å². The van der Waals surface area contributed by atoms with Crippen LogP contribution in [0.5, 0.6) is 0 Å². The van der Waals surface area contributed by atoms with E-state index < -0.39 is 6.10 Å². The topological polar surface area (TPSA) is 78.9 Å². The fourth-order valence-electron chi connectivity index (χ4n) is 8.21. The second-order valence-electron chi connectivity index (χ2n) is 19.5. The summed E-state index contributed by atoms with van der Waals surface area (Å²) in [5, 5.41) is 0. The summed E-state index contributed by atoms with van der Waals surface area (Å²) < 4.78 is 16.8. The van der Waals surface area contributed by atoms with E-state index in [1.807, 2.05) is 0 Å². The van der Waals surface area contributed by atoms with Gasteiger partial charge in [-0.05, 0) is 96.3 Å². The predicted molar refractivity (Wildman–Crippen MR) is 302 cm³/mol. The lowest BCUT2D eigenvalue weighted by Crippen LogP contribution is -2.30. The van der Waals surface area contributed by atoms with Gasteiger partial charge in [0.1, 0.15) is 13.2 Å². The second kappa shape index (κ2) is 58.2. The second-order valence-corrected chi connectivity index (χ2v) is 19.5. The fraction of sp³-hybridized carbons (Fsp3) is 0.734. The molecule has 402 valence electrons. The molecule has 0 saturated heterocycles. The van der Waals surface area contributed by atoms with Crippen molar-refractivity contribution in [1.29, 1.82) is 0 Å². The lowest BCUT2D eigenvalue weighted by molar-refractivity contribution is -0.167. The van der Waals surface area contributed by atoms with E-state index in [1.165, 1.54) is 135 Å². The molecule has 1 atom stereocenters. The first-order chi connectivity index (χ1) is 34.5. The van der Waals surface area contributed by atoms with Crippen LogP contribution in [0.1, 0.15) is 284 Å². The van der Waals surface area contributed by atoms with E-state index in [-0.39, 0.29) is 31.1 Å². The molecule has 0 radical (unpaired) electrons. The number of hydrogen-bond donors (Lipinski definition) is 0. The number of unbranched alkanes of at least 4 members (excludes halogenated alkanes) is 28. The Labute approximate surface area is 433 Å². The Morgan fingerprint density at radius 3 is 0.871 bits per heavy atom. The van der Waals surface area contributed by atoms with Gasteiger partial charge in [-0.15, -0.1) is 0 Å². The maximum Gasteiger partial charge on any atom is 0.306 e. The van der Waals surface area contributed by atoms with Crippen molar-refractivity contribution in [2.24, 2.45) is 0 Å². The molecule has 70 heavy (non-hydrogen) atoms. The normalized spacial score (nSPS) is 12.7. The van der Waals surface area contributed by atoms with Crippen molar-refractivity contribution < 1.29 is 28.6 Å². The number of rotatable bonds is 53. The third kappa shape index (κ3) is 55.5. The number of esters is 3. The molecular formula is C64H110O6. The molecule has 0 aliphatic carbocycles. The van der Waals surface area contributed by atoms with Crippen molar-refractivity contribution in [3.8, 4) is 0 Å². The van der Waals surface area contributed by atoms with Crippen LogP contribution in [0.2, 0.25) is 0 Å². The summed E-state index contributed by atoms with van der Waals surface area (Å²) in [6, 6.07) is 0. The summed E-state index contributed by atoms with van der Waals surface area (Å²) in [5.74, 6) is -0.911. The van der Waals surface area contributed by atoms with Crippen LogP contribution < -0.4 is 0 Å². The van der Waals surface area contributed by atoms with Crippen LogP contribution in [-0.2, 0) is 28.6 Å². The summed E-state index contributed by atoms with van der Waals surface area (Å²) in [5.41, 5.74) is 0. The standard InChI is InChI=1S/C64H110O6/c1-4-7-10-13-16-19-21-23-25-27-28-29-30-31-32-33-34-35-36-38-39-41-43-45-48-51-54-57-63(66)69-60-61(59-68-62(65)56-53-50-47-18-15-12-9-6-3)70-64(67)58-55-52-49-46-44-42-40-37-26-24-22-20-17-14-11-8-5-2/h8,11,17,20-21,23-24,26-28,30-31,40,42,61H,4-7,9-10,12-16,18-19,22,25,29,32-39,41,43-60H2,1-3H3/b11-8-,20-17-,23-21-,26-24-,28-27-,31-30-,42-40-. The van der Waals surface area contributed by atoms with Gasteiger partial charge in [-0.25, -0.2) is 0 Å². The maximum atomic E-state index is 12.8. The molecule has 0 rings (SSSR count). The Morgan fingerprint density at radius 1 is 0.300 bits per heavy atom. The highest BCUT2D eigenvalue weighted by Gasteiger charge is 2.19. The third-order valence-electron chi connectivity index (χ3n) is 12.6. The molecule has 0 aromatic heterocycles. The first kappa shape index (κ1) is 66.6. The minimum atomic E-state index is -0.788. The zero-order valence-corrected chi connectivity index (χ0v) is 46.0. The van der Waals surface area contributed by atoms with Crippen LogP contribution in [0.3, 0.4) is 0 Å². The molecule has 0 saturated carbocycles. The van der Waals surface area contributed by atoms with Crippen LogP contribution in [0.15, 0.2) is 85.1 Å².